The second kappa shape index (κ2) is 8.15. The van der Waals surface area contributed by atoms with Gasteiger partial charge in [-0.25, -0.2) is 0 Å². The van der Waals surface area contributed by atoms with Crippen molar-refractivity contribution in [2.45, 2.75) is 78.0 Å². The van der Waals surface area contributed by atoms with Crippen LogP contribution in [0.3, 0.4) is 0 Å². The predicted octanol–water partition coefficient (Wildman–Crippen LogP) is 4.07. The molecule has 2 saturated heterocycles. The largest absolute Gasteiger partial charge is 0.382 e. The van der Waals surface area contributed by atoms with Gasteiger partial charge >= 0.3 is 0 Å². The van der Waals surface area contributed by atoms with Crippen molar-refractivity contribution >= 4 is 5.71 Å². The third-order valence-electron chi connectivity index (χ3n) is 6.15. The van der Waals surface area contributed by atoms with Crippen LogP contribution in [0.1, 0.15) is 66.2 Å². The number of nitrogens with zero attached hydrogens (tertiary/aromatic N) is 2. The predicted molar refractivity (Wildman–Crippen MR) is 104 cm³/mol. The molecule has 1 saturated carbocycles. The lowest BCUT2D eigenvalue weighted by molar-refractivity contribution is -0.251. The molecule has 0 amide bonds. The summed E-state index contributed by atoms with van der Waals surface area (Å²) >= 11 is 0. The van der Waals surface area contributed by atoms with Crippen molar-refractivity contribution in [3.63, 3.8) is 0 Å². The zero-order chi connectivity index (χ0) is 18.8. The highest BCUT2D eigenvalue weighted by molar-refractivity contribution is 5.87. The third-order valence-corrected chi connectivity index (χ3v) is 6.15. The van der Waals surface area contributed by atoms with Crippen LogP contribution in [0, 0.1) is 17.3 Å². The van der Waals surface area contributed by atoms with Gasteiger partial charge in [0.1, 0.15) is 0 Å². The Hall–Kier alpha value is -0.650. The van der Waals surface area contributed by atoms with Gasteiger partial charge in [0.2, 0.25) is 0 Å². The molecular weight excluding hydrogens is 328 g/mol. The Morgan fingerprint density at radius 1 is 1.27 bits per heavy atom. The van der Waals surface area contributed by atoms with Crippen molar-refractivity contribution in [3.8, 4) is 0 Å². The quantitative estimate of drug-likeness (QED) is 0.608. The van der Waals surface area contributed by atoms with Gasteiger partial charge in [0.25, 0.3) is 0 Å². The summed E-state index contributed by atoms with van der Waals surface area (Å²) in [6, 6.07) is 0.431. The number of methoxy groups -OCH3 is 1. The number of ether oxygens (including phenoxy) is 3. The molecule has 0 aromatic heterocycles. The normalized spacial score (nSPS) is 31.4. The van der Waals surface area contributed by atoms with E-state index in [1.54, 1.807) is 7.11 Å². The Morgan fingerprint density at radius 3 is 2.62 bits per heavy atom. The van der Waals surface area contributed by atoms with Gasteiger partial charge in [-0.3, -0.25) is 5.01 Å². The second-order valence-corrected chi connectivity index (χ2v) is 9.13. The minimum atomic E-state index is -0.332. The van der Waals surface area contributed by atoms with Gasteiger partial charge in [-0.15, -0.1) is 0 Å². The van der Waals surface area contributed by atoms with E-state index in [-0.39, 0.29) is 11.2 Å². The van der Waals surface area contributed by atoms with E-state index >= 15 is 0 Å². The molecule has 150 valence electrons. The molecule has 1 spiro atoms. The summed E-state index contributed by atoms with van der Waals surface area (Å²) < 4.78 is 17.9. The number of hydrazone groups is 1. The monoisotopic (exact) mass is 366 g/mol. The van der Waals surface area contributed by atoms with Gasteiger partial charge in [-0.2, -0.15) is 5.10 Å². The summed E-state index contributed by atoms with van der Waals surface area (Å²) in [4.78, 5) is 0. The van der Waals surface area contributed by atoms with Crippen molar-refractivity contribution in [1.82, 2.24) is 5.01 Å². The molecular formula is C21H38N2O3. The van der Waals surface area contributed by atoms with Gasteiger partial charge in [0, 0.05) is 43.0 Å². The fourth-order valence-corrected chi connectivity index (χ4v) is 4.54. The molecule has 26 heavy (non-hydrogen) atoms. The third kappa shape index (κ3) is 4.26. The van der Waals surface area contributed by atoms with Gasteiger partial charge in [-0.1, -0.05) is 34.1 Å². The summed E-state index contributed by atoms with van der Waals surface area (Å²) in [5, 5.41) is 7.45. The van der Waals surface area contributed by atoms with Crippen LogP contribution in [0.15, 0.2) is 5.10 Å². The van der Waals surface area contributed by atoms with E-state index in [2.05, 4.69) is 32.7 Å². The molecule has 2 heterocycles. The topological polar surface area (TPSA) is 43.3 Å². The molecule has 3 rings (SSSR count). The highest BCUT2D eigenvalue weighted by Gasteiger charge is 2.63. The lowest BCUT2D eigenvalue weighted by Crippen LogP contribution is -2.41. The van der Waals surface area contributed by atoms with E-state index < -0.39 is 0 Å². The van der Waals surface area contributed by atoms with Crippen LogP contribution in [-0.2, 0) is 14.2 Å². The first-order valence-electron chi connectivity index (χ1n) is 10.6. The van der Waals surface area contributed by atoms with Crippen molar-refractivity contribution in [2.24, 2.45) is 22.4 Å². The summed E-state index contributed by atoms with van der Waals surface area (Å²) in [7, 11) is 1.79. The van der Waals surface area contributed by atoms with Crippen molar-refractivity contribution in [3.05, 3.63) is 0 Å². The SMILES string of the molecule is CCC/C(=N/N1CCC[C@H]1COC)[C@@H](CC)[C@H]1CC12OCC(C)(C)CO2. The van der Waals surface area contributed by atoms with Crippen LogP contribution in [-0.4, -0.2) is 56.0 Å². The fraction of sp³-hybridized carbons (Fsp3) is 0.952. The van der Waals surface area contributed by atoms with E-state index in [1.165, 1.54) is 18.6 Å². The molecule has 0 aromatic rings. The first-order valence-corrected chi connectivity index (χ1v) is 10.6. The van der Waals surface area contributed by atoms with Gasteiger partial charge in [0.15, 0.2) is 5.79 Å². The molecule has 1 aliphatic carbocycles. The molecule has 2 aliphatic heterocycles. The Balaban J connectivity index is 1.71. The van der Waals surface area contributed by atoms with Gasteiger partial charge < -0.3 is 14.2 Å². The lowest BCUT2D eigenvalue weighted by atomic mass is 9.90. The van der Waals surface area contributed by atoms with E-state index in [4.69, 9.17) is 19.3 Å². The first-order chi connectivity index (χ1) is 12.4. The Bertz CT molecular complexity index is 495. The van der Waals surface area contributed by atoms with Crippen LogP contribution in [0.5, 0.6) is 0 Å². The molecule has 3 aliphatic rings. The zero-order valence-corrected chi connectivity index (χ0v) is 17.4. The Morgan fingerprint density at radius 2 is 2.00 bits per heavy atom. The van der Waals surface area contributed by atoms with Gasteiger partial charge in [-0.05, 0) is 25.7 Å². The molecule has 5 heteroatoms. The molecule has 0 radical (unpaired) electrons. The number of rotatable bonds is 8. The number of hydrogen-bond donors (Lipinski definition) is 0. The minimum Gasteiger partial charge on any atom is -0.382 e. The Labute approximate surface area is 159 Å². The summed E-state index contributed by atoms with van der Waals surface area (Å²) in [5.74, 6) is 0.583. The summed E-state index contributed by atoms with van der Waals surface area (Å²) in [6.45, 7) is 12.4. The highest BCUT2D eigenvalue weighted by Crippen LogP contribution is 2.56. The van der Waals surface area contributed by atoms with Crippen molar-refractivity contribution < 1.29 is 14.2 Å². The van der Waals surface area contributed by atoms with Crippen LogP contribution >= 0.6 is 0 Å². The van der Waals surface area contributed by atoms with Crippen LogP contribution < -0.4 is 0 Å². The lowest BCUT2D eigenvalue weighted by Gasteiger charge is -2.36. The molecule has 0 bridgehead atoms. The maximum absolute atomic E-state index is 6.23. The highest BCUT2D eigenvalue weighted by atomic mass is 16.7. The van der Waals surface area contributed by atoms with Crippen LogP contribution in [0.25, 0.3) is 0 Å². The summed E-state index contributed by atoms with van der Waals surface area (Å²) in [5.41, 5.74) is 1.47. The molecule has 3 fully saturated rings. The Kier molecular flexibility index (Phi) is 6.30. The molecule has 3 atom stereocenters. The van der Waals surface area contributed by atoms with Crippen LogP contribution in [0.2, 0.25) is 0 Å². The van der Waals surface area contributed by atoms with Crippen LogP contribution in [0.4, 0.5) is 0 Å². The fourth-order valence-electron chi connectivity index (χ4n) is 4.54. The van der Waals surface area contributed by atoms with E-state index in [9.17, 15) is 0 Å². The molecule has 0 unspecified atom stereocenters. The molecule has 5 nitrogen and oxygen atoms in total. The van der Waals surface area contributed by atoms with Crippen molar-refractivity contribution in [1.29, 1.82) is 0 Å². The first kappa shape index (κ1) is 20.1. The second-order valence-electron chi connectivity index (χ2n) is 9.13. The maximum Gasteiger partial charge on any atom is 0.172 e. The van der Waals surface area contributed by atoms with Gasteiger partial charge in [0.05, 0.1) is 25.9 Å². The maximum atomic E-state index is 6.23. The molecule has 0 aromatic carbocycles. The smallest absolute Gasteiger partial charge is 0.172 e. The molecule has 0 N–H and O–H groups in total. The minimum absolute atomic E-state index is 0.128. The summed E-state index contributed by atoms with van der Waals surface area (Å²) in [6.07, 6.45) is 6.71. The zero-order valence-electron chi connectivity index (χ0n) is 17.4. The van der Waals surface area contributed by atoms with Crippen molar-refractivity contribution in [2.75, 3.05) is 33.5 Å². The average molecular weight is 367 g/mol. The van der Waals surface area contributed by atoms with E-state index in [0.29, 0.717) is 17.9 Å². The van der Waals surface area contributed by atoms with E-state index in [0.717, 1.165) is 52.0 Å². The number of hydrogen-bond acceptors (Lipinski definition) is 5. The average Bonchev–Trinajstić information content (AvgIpc) is 3.13. The van der Waals surface area contributed by atoms with E-state index in [1.807, 2.05) is 0 Å². The standard InChI is InChI=1S/C21H38N2O3/c1-6-9-19(22-23-11-8-10-16(23)13-24-5)17(7-2)18-12-21(18)25-14-20(3,4)15-26-21/h16-18H,6-15H2,1-5H3/b22-19-/t16-,17-,18+/m0/s1.